The van der Waals surface area contributed by atoms with Gasteiger partial charge in [-0.05, 0) is 36.8 Å². The zero-order valence-electron chi connectivity index (χ0n) is 18.3. The summed E-state index contributed by atoms with van der Waals surface area (Å²) in [6.07, 6.45) is 5.19. The summed E-state index contributed by atoms with van der Waals surface area (Å²) in [7, 11) is 0. The number of benzene rings is 2. The number of nitrogens with zero attached hydrogens (tertiary/aromatic N) is 4. The Labute approximate surface area is 196 Å². The van der Waals surface area contributed by atoms with Crippen LogP contribution in [0.5, 0.6) is 0 Å². The highest BCUT2D eigenvalue weighted by Crippen LogP contribution is 2.41. The summed E-state index contributed by atoms with van der Waals surface area (Å²) in [5, 5.41) is 4.47. The molecule has 0 saturated carbocycles. The molecule has 0 aliphatic heterocycles. The Morgan fingerprint density at radius 2 is 1.61 bits per heavy atom. The lowest BCUT2D eigenvalue weighted by Crippen LogP contribution is -2.09. The lowest BCUT2D eigenvalue weighted by atomic mass is 9.88. The molecule has 5 nitrogen and oxygen atoms in total. The first-order valence-electron chi connectivity index (χ1n) is 11.3. The van der Waals surface area contributed by atoms with Crippen LogP contribution in [0.2, 0.25) is 0 Å². The first-order valence-corrected chi connectivity index (χ1v) is 12.1. The molecule has 0 unspecified atom stereocenters. The van der Waals surface area contributed by atoms with Crippen molar-refractivity contribution in [3.63, 3.8) is 0 Å². The number of hydrogen-bond donors (Lipinski definition) is 1. The quantitative estimate of drug-likeness (QED) is 0.331. The van der Waals surface area contributed by atoms with Crippen molar-refractivity contribution < 1.29 is 0 Å². The van der Waals surface area contributed by atoms with E-state index in [9.17, 15) is 0 Å². The third-order valence-electron chi connectivity index (χ3n) is 6.15. The van der Waals surface area contributed by atoms with Crippen molar-refractivity contribution in [2.24, 2.45) is 5.92 Å². The van der Waals surface area contributed by atoms with Crippen LogP contribution in [0.1, 0.15) is 23.8 Å². The van der Waals surface area contributed by atoms with Crippen LogP contribution < -0.4 is 5.32 Å². The Kier molecular flexibility index (Phi) is 5.07. The Hall–Kier alpha value is -3.64. The molecule has 162 valence electrons. The number of fused-ring (bicyclic) bond motifs is 3. The van der Waals surface area contributed by atoms with Gasteiger partial charge in [-0.3, -0.25) is 5.32 Å². The van der Waals surface area contributed by atoms with Crippen LogP contribution >= 0.6 is 11.3 Å². The highest BCUT2D eigenvalue weighted by Gasteiger charge is 2.24. The first-order chi connectivity index (χ1) is 16.2. The van der Waals surface area contributed by atoms with Crippen molar-refractivity contribution >= 4 is 33.5 Å². The van der Waals surface area contributed by atoms with Crippen molar-refractivity contribution in [1.29, 1.82) is 0 Å². The SMILES string of the molecule is C[C@H]1CCc2c(sc3nc(Nc4nccc(-c5ccccc5)n4)nc(-c4ccccc4)c23)C1. The number of rotatable bonds is 4. The zero-order valence-corrected chi connectivity index (χ0v) is 19.1. The molecule has 0 bridgehead atoms. The summed E-state index contributed by atoms with van der Waals surface area (Å²) in [5.74, 6) is 1.73. The van der Waals surface area contributed by atoms with Gasteiger partial charge in [-0.15, -0.1) is 11.3 Å². The van der Waals surface area contributed by atoms with E-state index in [0.717, 1.165) is 40.2 Å². The van der Waals surface area contributed by atoms with Crippen LogP contribution in [-0.4, -0.2) is 19.9 Å². The van der Waals surface area contributed by atoms with E-state index in [-0.39, 0.29) is 0 Å². The van der Waals surface area contributed by atoms with E-state index in [1.165, 1.54) is 22.2 Å². The van der Waals surface area contributed by atoms with Gasteiger partial charge in [-0.2, -0.15) is 0 Å². The second-order valence-electron chi connectivity index (χ2n) is 8.55. The molecule has 0 fully saturated rings. The number of hydrogen-bond acceptors (Lipinski definition) is 6. The smallest absolute Gasteiger partial charge is 0.231 e. The van der Waals surface area contributed by atoms with E-state index in [1.54, 1.807) is 17.5 Å². The molecule has 6 rings (SSSR count). The van der Waals surface area contributed by atoms with E-state index in [1.807, 2.05) is 42.5 Å². The molecule has 33 heavy (non-hydrogen) atoms. The molecule has 6 heteroatoms. The predicted molar refractivity (Wildman–Crippen MR) is 135 cm³/mol. The van der Waals surface area contributed by atoms with Crippen LogP contribution in [0.3, 0.4) is 0 Å². The molecule has 2 aromatic carbocycles. The number of thiophene rings is 1. The number of aromatic nitrogens is 4. The number of nitrogens with one attached hydrogen (secondary N) is 1. The van der Waals surface area contributed by atoms with E-state index < -0.39 is 0 Å². The summed E-state index contributed by atoms with van der Waals surface area (Å²) >= 11 is 1.81. The van der Waals surface area contributed by atoms with Gasteiger partial charge in [-0.25, -0.2) is 19.9 Å². The second-order valence-corrected chi connectivity index (χ2v) is 9.63. The predicted octanol–water partition coefficient (Wildman–Crippen LogP) is 6.68. The third-order valence-corrected chi connectivity index (χ3v) is 7.30. The Balaban J connectivity index is 1.45. The summed E-state index contributed by atoms with van der Waals surface area (Å²) in [6.45, 7) is 2.33. The molecule has 1 atom stereocenters. The summed E-state index contributed by atoms with van der Waals surface area (Å²) in [5.41, 5.74) is 5.42. The van der Waals surface area contributed by atoms with Gasteiger partial charge in [0.2, 0.25) is 11.9 Å². The summed E-state index contributed by atoms with van der Waals surface area (Å²) in [4.78, 5) is 21.5. The third kappa shape index (κ3) is 3.87. The Morgan fingerprint density at radius 3 is 2.39 bits per heavy atom. The van der Waals surface area contributed by atoms with Crippen molar-refractivity contribution in [3.05, 3.63) is 83.4 Å². The molecule has 1 aliphatic rings. The van der Waals surface area contributed by atoms with Gasteiger partial charge in [0.05, 0.1) is 11.4 Å². The molecule has 1 N–H and O–H groups in total. The maximum atomic E-state index is 4.97. The molecule has 3 aromatic heterocycles. The average Bonchev–Trinajstić information content (AvgIpc) is 3.22. The molecule has 0 amide bonds. The lowest BCUT2D eigenvalue weighted by molar-refractivity contribution is 0.509. The highest BCUT2D eigenvalue weighted by atomic mass is 32.1. The lowest BCUT2D eigenvalue weighted by Gasteiger charge is -2.18. The normalized spacial score (nSPS) is 15.4. The van der Waals surface area contributed by atoms with Gasteiger partial charge in [-0.1, -0.05) is 67.6 Å². The zero-order chi connectivity index (χ0) is 22.2. The minimum atomic E-state index is 0.490. The van der Waals surface area contributed by atoms with Crippen LogP contribution in [0.4, 0.5) is 11.9 Å². The van der Waals surface area contributed by atoms with Crippen LogP contribution in [-0.2, 0) is 12.8 Å². The van der Waals surface area contributed by atoms with Gasteiger partial charge < -0.3 is 0 Å². The first kappa shape index (κ1) is 20.0. The van der Waals surface area contributed by atoms with E-state index in [0.29, 0.717) is 17.8 Å². The maximum Gasteiger partial charge on any atom is 0.231 e. The van der Waals surface area contributed by atoms with Gasteiger partial charge in [0.1, 0.15) is 4.83 Å². The minimum absolute atomic E-state index is 0.490. The molecule has 0 saturated heterocycles. The standard InChI is InChI=1S/C27H23N5S/c1-17-12-13-20-22(16-17)33-25-23(20)24(19-10-6-3-7-11-19)30-27(31-25)32-26-28-15-14-21(29-26)18-8-4-2-5-9-18/h2-11,14-15,17H,12-13,16H2,1H3,(H,28,29,30,31,32)/t17-/m0/s1. The van der Waals surface area contributed by atoms with Gasteiger partial charge in [0, 0.05) is 27.6 Å². The van der Waals surface area contributed by atoms with Crippen molar-refractivity contribution in [2.45, 2.75) is 26.2 Å². The van der Waals surface area contributed by atoms with Crippen molar-refractivity contribution in [3.8, 4) is 22.5 Å². The summed E-state index contributed by atoms with van der Waals surface area (Å²) < 4.78 is 0. The van der Waals surface area contributed by atoms with Crippen molar-refractivity contribution in [2.75, 3.05) is 5.32 Å². The maximum absolute atomic E-state index is 4.97. The average molecular weight is 450 g/mol. The van der Waals surface area contributed by atoms with Crippen LogP contribution in [0.15, 0.2) is 72.9 Å². The fourth-order valence-electron chi connectivity index (χ4n) is 4.49. The van der Waals surface area contributed by atoms with Crippen LogP contribution in [0.25, 0.3) is 32.7 Å². The largest absolute Gasteiger partial charge is 0.293 e. The van der Waals surface area contributed by atoms with Gasteiger partial charge in [0.15, 0.2) is 0 Å². The second kappa shape index (κ2) is 8.37. The van der Waals surface area contributed by atoms with Gasteiger partial charge in [0.25, 0.3) is 0 Å². The molecule has 0 radical (unpaired) electrons. The Bertz CT molecular complexity index is 1430. The van der Waals surface area contributed by atoms with E-state index >= 15 is 0 Å². The monoisotopic (exact) mass is 449 g/mol. The molecule has 3 heterocycles. The molecule has 0 spiro atoms. The number of aryl methyl sites for hydroxylation is 1. The molecular weight excluding hydrogens is 426 g/mol. The van der Waals surface area contributed by atoms with Crippen LogP contribution in [0, 0.1) is 5.92 Å². The Morgan fingerprint density at radius 1 is 0.848 bits per heavy atom. The summed E-state index contributed by atoms with van der Waals surface area (Å²) in [6, 6.07) is 22.4. The number of anilines is 2. The molecule has 5 aromatic rings. The minimum Gasteiger partial charge on any atom is -0.293 e. The molecule has 1 aliphatic carbocycles. The van der Waals surface area contributed by atoms with E-state index in [4.69, 9.17) is 15.0 Å². The van der Waals surface area contributed by atoms with E-state index in [2.05, 4.69) is 41.5 Å². The topological polar surface area (TPSA) is 63.6 Å². The highest BCUT2D eigenvalue weighted by molar-refractivity contribution is 7.19. The molecular formula is C27H23N5S. The fourth-order valence-corrected chi connectivity index (χ4v) is 5.87. The van der Waals surface area contributed by atoms with Crippen molar-refractivity contribution in [1.82, 2.24) is 19.9 Å². The van der Waals surface area contributed by atoms with Gasteiger partial charge >= 0.3 is 0 Å². The fraction of sp³-hybridized carbons (Fsp3) is 0.185.